The molecule has 0 amide bonds. The van der Waals surface area contributed by atoms with Gasteiger partial charge in [-0.25, -0.2) is 9.55 Å². The summed E-state index contributed by atoms with van der Waals surface area (Å²) in [6.45, 7) is 4.13. The van der Waals surface area contributed by atoms with Gasteiger partial charge in [0.25, 0.3) is 0 Å². The third-order valence-corrected chi connectivity index (χ3v) is 3.80. The van der Waals surface area contributed by atoms with Crippen LogP contribution in [0.4, 0.5) is 5.82 Å². The zero-order valence-corrected chi connectivity index (χ0v) is 12.2. The Morgan fingerprint density at radius 2 is 2.11 bits per heavy atom. The normalized spacial score (nSPS) is 11.8. The Hall–Kier alpha value is -1.27. The van der Waals surface area contributed by atoms with E-state index < -0.39 is 7.75 Å². The Morgan fingerprint density at radius 1 is 1.37 bits per heavy atom. The molecule has 0 spiro atoms. The van der Waals surface area contributed by atoms with Gasteiger partial charge >= 0.3 is 7.75 Å². The van der Waals surface area contributed by atoms with Gasteiger partial charge in [0.1, 0.15) is 10.8 Å². The van der Waals surface area contributed by atoms with Crippen LogP contribution in [0.1, 0.15) is 25.5 Å². The molecule has 0 atom stereocenters. The maximum atomic E-state index is 10.8. The SMILES string of the molecule is CC(C)c1ccc(-c2nc(NP(=O)(O)O)cs2)cn1. The zero-order chi connectivity index (χ0) is 14.0. The number of aromatic nitrogens is 2. The van der Waals surface area contributed by atoms with Gasteiger partial charge in [-0.2, -0.15) is 0 Å². The predicted molar refractivity (Wildman–Crippen MR) is 75.1 cm³/mol. The number of nitrogens with zero attached hydrogens (tertiary/aromatic N) is 2. The monoisotopic (exact) mass is 299 g/mol. The molecule has 0 radical (unpaired) electrons. The zero-order valence-electron chi connectivity index (χ0n) is 10.4. The quantitative estimate of drug-likeness (QED) is 0.751. The fourth-order valence-electron chi connectivity index (χ4n) is 1.48. The minimum atomic E-state index is -4.31. The van der Waals surface area contributed by atoms with E-state index in [-0.39, 0.29) is 5.82 Å². The molecule has 0 aliphatic rings. The van der Waals surface area contributed by atoms with Gasteiger partial charge in [0.05, 0.1) is 0 Å². The van der Waals surface area contributed by atoms with Gasteiger partial charge in [-0.15, -0.1) is 11.3 Å². The number of hydrogen-bond acceptors (Lipinski definition) is 4. The van der Waals surface area contributed by atoms with Crippen LogP contribution < -0.4 is 5.09 Å². The molecule has 2 rings (SSSR count). The van der Waals surface area contributed by atoms with Crippen LogP contribution in [0.5, 0.6) is 0 Å². The van der Waals surface area contributed by atoms with E-state index in [1.165, 1.54) is 11.3 Å². The number of nitrogens with one attached hydrogen (secondary N) is 1. The van der Waals surface area contributed by atoms with E-state index in [1.807, 2.05) is 17.2 Å². The molecule has 3 N–H and O–H groups in total. The Bertz CT molecular complexity index is 606. The van der Waals surface area contributed by atoms with Crippen molar-refractivity contribution in [2.45, 2.75) is 19.8 Å². The van der Waals surface area contributed by atoms with Crippen molar-refractivity contribution in [3.05, 3.63) is 29.4 Å². The minimum absolute atomic E-state index is 0.168. The van der Waals surface area contributed by atoms with Crippen LogP contribution in [0.25, 0.3) is 10.6 Å². The lowest BCUT2D eigenvalue weighted by Gasteiger charge is -2.04. The number of rotatable bonds is 4. The van der Waals surface area contributed by atoms with Gasteiger partial charge in [0.2, 0.25) is 0 Å². The molecule has 0 unspecified atom stereocenters. The minimum Gasteiger partial charge on any atom is -0.308 e. The lowest BCUT2D eigenvalue weighted by molar-refractivity contribution is 0.380. The fraction of sp³-hybridized carbons (Fsp3) is 0.273. The third kappa shape index (κ3) is 3.84. The molecule has 0 fully saturated rings. The lowest BCUT2D eigenvalue weighted by Crippen LogP contribution is -1.95. The highest BCUT2D eigenvalue weighted by atomic mass is 32.1. The standard InChI is InChI=1S/C11H14N3O3PS/c1-7(2)9-4-3-8(5-12-9)11-13-10(6-19-11)14-18(15,16)17/h3-7H,1-2H3,(H3,14,15,16,17). The van der Waals surface area contributed by atoms with Crippen molar-refractivity contribution in [1.82, 2.24) is 9.97 Å². The molecule has 19 heavy (non-hydrogen) atoms. The van der Waals surface area contributed by atoms with Crippen LogP contribution in [-0.2, 0) is 4.57 Å². The summed E-state index contributed by atoms with van der Waals surface area (Å²) in [6.07, 6.45) is 1.72. The van der Waals surface area contributed by atoms with Crippen LogP contribution in [0.15, 0.2) is 23.7 Å². The molecule has 0 aliphatic heterocycles. The molecule has 0 saturated heterocycles. The Kier molecular flexibility index (Phi) is 4.01. The van der Waals surface area contributed by atoms with Crippen molar-refractivity contribution >= 4 is 24.9 Å². The number of pyridine rings is 1. The molecule has 8 heteroatoms. The van der Waals surface area contributed by atoms with E-state index in [9.17, 15) is 4.57 Å². The van der Waals surface area contributed by atoms with Gasteiger partial charge in [-0.1, -0.05) is 13.8 Å². The maximum absolute atomic E-state index is 10.8. The van der Waals surface area contributed by atoms with E-state index in [2.05, 4.69) is 23.8 Å². The van der Waals surface area contributed by atoms with Crippen LogP contribution in [0.3, 0.4) is 0 Å². The number of hydrogen-bond donors (Lipinski definition) is 3. The average molecular weight is 299 g/mol. The van der Waals surface area contributed by atoms with E-state index >= 15 is 0 Å². The Morgan fingerprint density at radius 3 is 2.63 bits per heavy atom. The second-order valence-corrected chi connectivity index (χ2v) is 6.49. The number of thiazole rings is 1. The molecule has 102 valence electrons. The first-order valence-corrected chi connectivity index (χ1v) is 8.10. The van der Waals surface area contributed by atoms with Gasteiger partial charge in [0, 0.05) is 22.8 Å². The van der Waals surface area contributed by atoms with Crippen molar-refractivity contribution in [3.8, 4) is 10.6 Å². The predicted octanol–water partition coefficient (Wildman–Crippen LogP) is 2.83. The summed E-state index contributed by atoms with van der Waals surface area (Å²) in [7, 11) is -4.31. The molecule has 2 aromatic heterocycles. The first-order valence-electron chi connectivity index (χ1n) is 5.61. The van der Waals surface area contributed by atoms with Gasteiger partial charge in [-0.05, 0) is 18.1 Å². The summed E-state index contributed by atoms with van der Waals surface area (Å²) in [5, 5.41) is 4.27. The van der Waals surface area contributed by atoms with E-state index in [1.54, 1.807) is 11.6 Å². The largest absolute Gasteiger partial charge is 0.428 e. The van der Waals surface area contributed by atoms with Crippen molar-refractivity contribution in [1.29, 1.82) is 0 Å². The Balaban J connectivity index is 2.20. The topological polar surface area (TPSA) is 95.3 Å². The van der Waals surface area contributed by atoms with E-state index in [4.69, 9.17) is 9.79 Å². The molecular weight excluding hydrogens is 285 g/mol. The summed E-state index contributed by atoms with van der Waals surface area (Å²) >= 11 is 1.30. The van der Waals surface area contributed by atoms with Gasteiger partial charge in [-0.3, -0.25) is 10.1 Å². The molecule has 0 saturated carbocycles. The van der Waals surface area contributed by atoms with Crippen LogP contribution >= 0.6 is 19.1 Å². The van der Waals surface area contributed by atoms with Gasteiger partial charge < -0.3 is 9.79 Å². The van der Waals surface area contributed by atoms with Crippen LogP contribution in [-0.4, -0.2) is 19.8 Å². The van der Waals surface area contributed by atoms with E-state index in [0.29, 0.717) is 10.9 Å². The number of anilines is 1. The average Bonchev–Trinajstić information content (AvgIpc) is 2.75. The summed E-state index contributed by atoms with van der Waals surface area (Å²) < 4.78 is 10.8. The van der Waals surface area contributed by atoms with E-state index in [0.717, 1.165) is 11.3 Å². The summed E-state index contributed by atoms with van der Waals surface area (Å²) in [4.78, 5) is 26.0. The Labute approximate surface area is 114 Å². The summed E-state index contributed by atoms with van der Waals surface area (Å²) in [5.74, 6) is 0.526. The van der Waals surface area contributed by atoms with Crippen molar-refractivity contribution < 1.29 is 14.4 Å². The lowest BCUT2D eigenvalue weighted by atomic mass is 10.1. The molecule has 2 aromatic rings. The highest BCUT2D eigenvalue weighted by Crippen LogP contribution is 2.36. The second-order valence-electron chi connectivity index (χ2n) is 4.32. The van der Waals surface area contributed by atoms with Gasteiger partial charge in [0.15, 0.2) is 0 Å². The summed E-state index contributed by atoms with van der Waals surface area (Å²) in [6, 6.07) is 3.83. The van der Waals surface area contributed by atoms with Crippen LogP contribution in [0, 0.1) is 0 Å². The summed E-state index contributed by atoms with van der Waals surface area (Å²) in [5.41, 5.74) is 1.82. The highest BCUT2D eigenvalue weighted by Gasteiger charge is 2.15. The van der Waals surface area contributed by atoms with Crippen LogP contribution in [0.2, 0.25) is 0 Å². The fourth-order valence-corrected chi connectivity index (χ4v) is 2.72. The first kappa shape index (κ1) is 14.1. The smallest absolute Gasteiger partial charge is 0.308 e. The first-order chi connectivity index (χ1) is 8.85. The third-order valence-electron chi connectivity index (χ3n) is 2.39. The molecule has 0 aliphatic carbocycles. The molecule has 0 bridgehead atoms. The van der Waals surface area contributed by atoms with Crippen molar-refractivity contribution in [2.24, 2.45) is 0 Å². The molecular formula is C11H14N3O3PS. The highest BCUT2D eigenvalue weighted by molar-refractivity contribution is 7.53. The van der Waals surface area contributed by atoms with Crippen molar-refractivity contribution in [2.75, 3.05) is 5.09 Å². The molecule has 6 nitrogen and oxygen atoms in total. The molecule has 0 aromatic carbocycles. The second kappa shape index (κ2) is 5.38. The molecule has 2 heterocycles. The van der Waals surface area contributed by atoms with Crippen molar-refractivity contribution in [3.63, 3.8) is 0 Å². The maximum Gasteiger partial charge on any atom is 0.428 e.